The van der Waals surface area contributed by atoms with E-state index in [4.69, 9.17) is 5.11 Å². The van der Waals surface area contributed by atoms with Crippen LogP contribution in [0, 0.1) is 0 Å². The van der Waals surface area contributed by atoms with Gasteiger partial charge in [0.05, 0.1) is 11.7 Å². The second kappa shape index (κ2) is 7.68. The number of rotatable bonds is 5. The first-order valence-corrected chi connectivity index (χ1v) is 8.55. The predicted octanol–water partition coefficient (Wildman–Crippen LogP) is 3.00. The maximum atomic E-state index is 10.9. The van der Waals surface area contributed by atoms with Gasteiger partial charge in [0, 0.05) is 6.54 Å². The summed E-state index contributed by atoms with van der Waals surface area (Å²) >= 11 is 0. The van der Waals surface area contributed by atoms with Crippen molar-refractivity contribution in [1.82, 2.24) is 4.90 Å². The Morgan fingerprint density at radius 2 is 1.64 bits per heavy atom. The molecule has 0 spiro atoms. The van der Waals surface area contributed by atoms with E-state index in [0.717, 1.165) is 31.5 Å². The van der Waals surface area contributed by atoms with Gasteiger partial charge in [-0.2, -0.15) is 0 Å². The Bertz CT molecular complexity index is 703. The highest BCUT2D eigenvalue weighted by molar-refractivity contribution is 5.87. The van der Waals surface area contributed by atoms with Gasteiger partial charge in [0.1, 0.15) is 5.75 Å². The number of aliphatic hydroxyl groups is 1. The molecule has 25 heavy (non-hydrogen) atoms. The lowest BCUT2D eigenvalue weighted by Crippen LogP contribution is -2.36. The lowest BCUT2D eigenvalue weighted by Gasteiger charge is -2.33. The summed E-state index contributed by atoms with van der Waals surface area (Å²) in [4.78, 5) is 13.1. The van der Waals surface area contributed by atoms with E-state index in [1.54, 1.807) is 24.3 Å². The standard InChI is InChI=1S/C20H23NO4/c22-18-7-5-14(6-8-18)15-9-11-21(12-10-15)13-19(23)16-1-3-17(4-2-16)20(24)25/h1-8,15,19,22-23H,9-13H2,(H,24,25). The molecule has 1 atom stereocenters. The van der Waals surface area contributed by atoms with Crippen molar-refractivity contribution in [3.63, 3.8) is 0 Å². The summed E-state index contributed by atoms with van der Waals surface area (Å²) in [7, 11) is 0. The molecule has 1 unspecified atom stereocenters. The molecule has 2 aromatic rings. The summed E-state index contributed by atoms with van der Waals surface area (Å²) in [5.41, 5.74) is 2.22. The number of carboxylic acids is 1. The molecule has 1 aliphatic heterocycles. The molecule has 0 bridgehead atoms. The number of likely N-dealkylation sites (tertiary alicyclic amines) is 1. The number of phenolic OH excluding ortho intramolecular Hbond substituents is 1. The molecule has 1 aliphatic rings. The molecule has 132 valence electrons. The van der Waals surface area contributed by atoms with Crippen molar-refractivity contribution in [3.05, 3.63) is 65.2 Å². The maximum Gasteiger partial charge on any atom is 0.335 e. The number of carbonyl (C=O) groups is 1. The summed E-state index contributed by atoms with van der Waals surface area (Å²) in [6.45, 7) is 2.38. The van der Waals surface area contributed by atoms with E-state index in [2.05, 4.69) is 4.90 Å². The molecule has 0 saturated carbocycles. The van der Waals surface area contributed by atoms with Crippen LogP contribution in [0.5, 0.6) is 5.75 Å². The van der Waals surface area contributed by atoms with Gasteiger partial charge in [-0.05, 0) is 67.2 Å². The summed E-state index contributed by atoms with van der Waals surface area (Å²) in [6.07, 6.45) is 1.43. The fourth-order valence-corrected chi connectivity index (χ4v) is 3.39. The first-order valence-electron chi connectivity index (χ1n) is 8.55. The zero-order chi connectivity index (χ0) is 17.8. The van der Waals surface area contributed by atoms with Gasteiger partial charge in [-0.3, -0.25) is 0 Å². The number of phenols is 1. The number of aromatic hydroxyl groups is 1. The van der Waals surface area contributed by atoms with Crippen molar-refractivity contribution in [2.45, 2.75) is 24.9 Å². The van der Waals surface area contributed by atoms with E-state index in [1.807, 2.05) is 12.1 Å². The molecule has 0 aromatic heterocycles. The van der Waals surface area contributed by atoms with E-state index >= 15 is 0 Å². The lowest BCUT2D eigenvalue weighted by atomic mass is 9.89. The first kappa shape index (κ1) is 17.5. The molecule has 5 nitrogen and oxygen atoms in total. The van der Waals surface area contributed by atoms with Gasteiger partial charge >= 0.3 is 5.97 Å². The predicted molar refractivity (Wildman–Crippen MR) is 94.9 cm³/mol. The molecule has 1 heterocycles. The normalized spacial score (nSPS) is 17.3. The van der Waals surface area contributed by atoms with Crippen molar-refractivity contribution < 1.29 is 20.1 Å². The van der Waals surface area contributed by atoms with Crippen molar-refractivity contribution in [2.24, 2.45) is 0 Å². The number of β-amino-alcohol motifs (C(OH)–C–C–N with tert-alkyl or cyclic N) is 1. The molecule has 0 radical (unpaired) electrons. The molecule has 0 amide bonds. The smallest absolute Gasteiger partial charge is 0.335 e. The zero-order valence-electron chi connectivity index (χ0n) is 14.0. The van der Waals surface area contributed by atoms with Crippen molar-refractivity contribution in [1.29, 1.82) is 0 Å². The first-order chi connectivity index (χ1) is 12.0. The Morgan fingerprint density at radius 1 is 1.04 bits per heavy atom. The van der Waals surface area contributed by atoms with Crippen molar-refractivity contribution >= 4 is 5.97 Å². The van der Waals surface area contributed by atoms with Crippen LogP contribution in [0.3, 0.4) is 0 Å². The van der Waals surface area contributed by atoms with E-state index in [9.17, 15) is 15.0 Å². The second-order valence-electron chi connectivity index (χ2n) is 6.61. The van der Waals surface area contributed by atoms with E-state index in [-0.39, 0.29) is 5.56 Å². The van der Waals surface area contributed by atoms with Crippen molar-refractivity contribution in [2.75, 3.05) is 19.6 Å². The maximum absolute atomic E-state index is 10.9. The van der Waals surface area contributed by atoms with Crippen LogP contribution < -0.4 is 0 Å². The quantitative estimate of drug-likeness (QED) is 0.779. The van der Waals surface area contributed by atoms with Crippen LogP contribution in [0.1, 0.15) is 46.3 Å². The number of piperidine rings is 1. The highest BCUT2D eigenvalue weighted by Crippen LogP contribution is 2.29. The Morgan fingerprint density at radius 3 is 2.20 bits per heavy atom. The third-order valence-electron chi connectivity index (χ3n) is 4.93. The number of hydrogen-bond acceptors (Lipinski definition) is 4. The summed E-state index contributed by atoms with van der Waals surface area (Å²) in [6, 6.07) is 13.8. The summed E-state index contributed by atoms with van der Waals surface area (Å²) in [5, 5.41) is 28.7. The highest BCUT2D eigenvalue weighted by Gasteiger charge is 2.22. The van der Waals surface area contributed by atoms with Gasteiger partial charge in [-0.15, -0.1) is 0 Å². The molecule has 0 aliphatic carbocycles. The summed E-state index contributed by atoms with van der Waals surface area (Å²) < 4.78 is 0. The Balaban J connectivity index is 1.53. The largest absolute Gasteiger partial charge is 0.508 e. The molecular formula is C20H23NO4. The third-order valence-corrected chi connectivity index (χ3v) is 4.93. The van der Waals surface area contributed by atoms with Crippen molar-refractivity contribution in [3.8, 4) is 5.75 Å². The molecule has 3 N–H and O–H groups in total. The fourth-order valence-electron chi connectivity index (χ4n) is 3.39. The lowest BCUT2D eigenvalue weighted by molar-refractivity contribution is 0.0696. The SMILES string of the molecule is O=C(O)c1ccc(C(O)CN2CCC(c3ccc(O)cc3)CC2)cc1. The number of nitrogens with zero attached hydrogens (tertiary/aromatic N) is 1. The average molecular weight is 341 g/mol. The van der Waals surface area contributed by atoms with Crippen LogP contribution in [0.2, 0.25) is 0 Å². The monoisotopic (exact) mass is 341 g/mol. The number of carboxylic acid groups (broad SMARTS) is 1. The number of hydrogen-bond donors (Lipinski definition) is 3. The van der Waals surface area contributed by atoms with Gasteiger partial charge in [0.2, 0.25) is 0 Å². The fraction of sp³-hybridized carbons (Fsp3) is 0.350. The minimum absolute atomic E-state index is 0.227. The Hall–Kier alpha value is -2.37. The van der Waals surface area contributed by atoms with Gasteiger partial charge in [0.25, 0.3) is 0 Å². The molecule has 2 aromatic carbocycles. The van der Waals surface area contributed by atoms with Gasteiger partial charge in [-0.25, -0.2) is 4.79 Å². The minimum atomic E-state index is -0.961. The van der Waals surface area contributed by atoms with E-state index < -0.39 is 12.1 Å². The van der Waals surface area contributed by atoms with Crippen LogP contribution >= 0.6 is 0 Å². The van der Waals surface area contributed by atoms with Gasteiger partial charge in [0.15, 0.2) is 0 Å². The van der Waals surface area contributed by atoms with E-state index in [1.165, 1.54) is 17.7 Å². The van der Waals surface area contributed by atoms with Crippen LogP contribution in [-0.4, -0.2) is 45.8 Å². The Labute approximate surface area is 147 Å². The minimum Gasteiger partial charge on any atom is -0.508 e. The van der Waals surface area contributed by atoms with Gasteiger partial charge < -0.3 is 20.2 Å². The zero-order valence-corrected chi connectivity index (χ0v) is 14.0. The topological polar surface area (TPSA) is 81.0 Å². The number of aromatic carboxylic acids is 1. The highest BCUT2D eigenvalue weighted by atomic mass is 16.4. The molecule has 1 fully saturated rings. The van der Waals surface area contributed by atoms with Crippen LogP contribution in [0.15, 0.2) is 48.5 Å². The molecular weight excluding hydrogens is 318 g/mol. The average Bonchev–Trinajstić information content (AvgIpc) is 2.63. The van der Waals surface area contributed by atoms with Crippen LogP contribution in [-0.2, 0) is 0 Å². The number of aliphatic hydroxyl groups excluding tert-OH is 1. The van der Waals surface area contributed by atoms with Crippen LogP contribution in [0.4, 0.5) is 0 Å². The van der Waals surface area contributed by atoms with Gasteiger partial charge in [-0.1, -0.05) is 24.3 Å². The Kier molecular flexibility index (Phi) is 5.36. The molecule has 3 rings (SSSR count). The second-order valence-corrected chi connectivity index (χ2v) is 6.61. The molecule has 1 saturated heterocycles. The summed E-state index contributed by atoms with van der Waals surface area (Å²) in [5.74, 6) is -0.181. The van der Waals surface area contributed by atoms with E-state index in [0.29, 0.717) is 18.2 Å². The number of benzene rings is 2. The van der Waals surface area contributed by atoms with Crippen LogP contribution in [0.25, 0.3) is 0 Å². The molecule has 5 heteroatoms. The third kappa shape index (κ3) is 4.38.